The van der Waals surface area contributed by atoms with E-state index in [1.807, 2.05) is 11.3 Å². The van der Waals surface area contributed by atoms with Crippen LogP contribution in [0.25, 0.3) is 0 Å². The number of hydrogen-bond donors (Lipinski definition) is 1. The quantitative estimate of drug-likeness (QED) is 0.817. The summed E-state index contributed by atoms with van der Waals surface area (Å²) >= 11 is 5.34. The van der Waals surface area contributed by atoms with Gasteiger partial charge in [-0.25, -0.2) is 0 Å². The Hall–Kier alpha value is 0.1000. The third-order valence-corrected chi connectivity index (χ3v) is 6.30. The van der Waals surface area contributed by atoms with Crippen LogP contribution in [0.15, 0.2) is 15.9 Å². The number of halogens is 1. The first kappa shape index (κ1) is 14.1. The summed E-state index contributed by atoms with van der Waals surface area (Å²) < 4.78 is 1.21. The van der Waals surface area contributed by atoms with Crippen LogP contribution in [0.2, 0.25) is 0 Å². The molecule has 19 heavy (non-hydrogen) atoms. The Balaban J connectivity index is 1.39. The normalized spacial score (nSPS) is 27.6. The Kier molecular flexibility index (Phi) is 4.96. The molecule has 1 saturated heterocycles. The second kappa shape index (κ2) is 6.70. The lowest BCUT2D eigenvalue weighted by atomic mass is 9.92. The van der Waals surface area contributed by atoms with E-state index in [0.29, 0.717) is 0 Å². The van der Waals surface area contributed by atoms with E-state index in [1.165, 1.54) is 54.5 Å². The predicted molar refractivity (Wildman–Crippen MR) is 85.7 cm³/mol. The van der Waals surface area contributed by atoms with Crippen molar-refractivity contribution in [2.45, 2.75) is 44.7 Å². The minimum absolute atomic E-state index is 0.909. The zero-order valence-electron chi connectivity index (χ0n) is 11.4. The molecular weight excluding hydrogens is 320 g/mol. The lowest BCUT2D eigenvalue weighted by molar-refractivity contribution is 0.114. The van der Waals surface area contributed by atoms with Crippen LogP contribution < -0.4 is 5.32 Å². The summed E-state index contributed by atoms with van der Waals surface area (Å²) in [7, 11) is 0. The van der Waals surface area contributed by atoms with Crippen molar-refractivity contribution in [3.05, 3.63) is 20.8 Å². The van der Waals surface area contributed by atoms with Crippen LogP contribution in [-0.2, 0) is 6.54 Å². The number of fused-ring (bicyclic) bond motifs is 1. The van der Waals surface area contributed by atoms with Gasteiger partial charge in [-0.15, -0.1) is 11.3 Å². The van der Waals surface area contributed by atoms with Gasteiger partial charge in [0, 0.05) is 40.4 Å². The predicted octanol–water partition coefficient (Wildman–Crippen LogP) is 3.86. The average Bonchev–Trinajstić information content (AvgIpc) is 3.03. The molecule has 106 valence electrons. The van der Waals surface area contributed by atoms with Crippen LogP contribution in [0.3, 0.4) is 0 Å². The van der Waals surface area contributed by atoms with Crippen molar-refractivity contribution in [1.82, 2.24) is 10.2 Å². The largest absolute Gasteiger partial charge is 0.311 e. The molecular formula is C15H23BrN2S. The van der Waals surface area contributed by atoms with Gasteiger partial charge in [-0.3, -0.25) is 4.90 Å². The average molecular weight is 343 g/mol. The van der Waals surface area contributed by atoms with E-state index in [2.05, 4.69) is 37.6 Å². The third-order valence-electron chi connectivity index (χ3n) is 4.61. The summed E-state index contributed by atoms with van der Waals surface area (Å²) in [6.07, 6.45) is 7.29. The van der Waals surface area contributed by atoms with Gasteiger partial charge in [0.1, 0.15) is 0 Å². The first-order valence-corrected chi connectivity index (χ1v) is 9.18. The molecule has 2 fully saturated rings. The van der Waals surface area contributed by atoms with Gasteiger partial charge in [-0.1, -0.05) is 6.42 Å². The molecule has 0 radical (unpaired) electrons. The molecule has 1 aliphatic heterocycles. The molecule has 0 bridgehead atoms. The van der Waals surface area contributed by atoms with Crippen molar-refractivity contribution in [3.8, 4) is 0 Å². The number of thiophene rings is 1. The molecule has 0 aromatic carbocycles. The maximum Gasteiger partial charge on any atom is 0.0300 e. The second-order valence-electron chi connectivity index (χ2n) is 5.84. The van der Waals surface area contributed by atoms with Crippen molar-refractivity contribution < 1.29 is 0 Å². The number of nitrogens with one attached hydrogen (secondary N) is 1. The maximum atomic E-state index is 3.59. The molecule has 1 aromatic heterocycles. The Morgan fingerprint density at radius 1 is 1.32 bits per heavy atom. The molecule has 2 unspecified atom stereocenters. The zero-order chi connectivity index (χ0) is 13.1. The number of piperidine rings is 1. The van der Waals surface area contributed by atoms with Crippen LogP contribution in [0, 0.1) is 5.92 Å². The summed E-state index contributed by atoms with van der Waals surface area (Å²) in [5.41, 5.74) is 0. The molecule has 1 N–H and O–H groups in total. The lowest BCUT2D eigenvalue weighted by Crippen LogP contribution is -2.45. The van der Waals surface area contributed by atoms with Crippen molar-refractivity contribution >= 4 is 27.3 Å². The van der Waals surface area contributed by atoms with E-state index < -0.39 is 0 Å². The molecule has 4 heteroatoms. The van der Waals surface area contributed by atoms with Crippen LogP contribution in [0.1, 0.15) is 37.0 Å². The van der Waals surface area contributed by atoms with Crippen molar-refractivity contribution in [3.63, 3.8) is 0 Å². The summed E-state index contributed by atoms with van der Waals surface area (Å²) in [5, 5.41) is 5.75. The highest BCUT2D eigenvalue weighted by Crippen LogP contribution is 2.36. The molecule has 1 aromatic rings. The minimum Gasteiger partial charge on any atom is -0.311 e. The van der Waals surface area contributed by atoms with E-state index in [-0.39, 0.29) is 0 Å². The SMILES string of the molecule is Brc1csc(CNCCN2CCCC3CCCC32)c1. The van der Waals surface area contributed by atoms with E-state index in [9.17, 15) is 0 Å². The summed E-state index contributed by atoms with van der Waals surface area (Å²) in [6, 6.07) is 3.12. The Morgan fingerprint density at radius 2 is 2.21 bits per heavy atom. The molecule has 3 rings (SSSR count). The highest BCUT2D eigenvalue weighted by Gasteiger charge is 2.34. The van der Waals surface area contributed by atoms with Gasteiger partial charge < -0.3 is 5.32 Å². The Morgan fingerprint density at radius 3 is 3.05 bits per heavy atom. The Bertz CT molecular complexity index is 407. The molecule has 2 heterocycles. The molecule has 0 amide bonds. The fraction of sp³-hybridized carbons (Fsp3) is 0.733. The van der Waals surface area contributed by atoms with Crippen LogP contribution >= 0.6 is 27.3 Å². The van der Waals surface area contributed by atoms with E-state index in [1.54, 1.807) is 0 Å². The van der Waals surface area contributed by atoms with Gasteiger partial charge in [-0.05, 0) is 60.1 Å². The van der Waals surface area contributed by atoms with E-state index in [0.717, 1.165) is 25.0 Å². The first-order chi connectivity index (χ1) is 9.33. The van der Waals surface area contributed by atoms with Crippen LogP contribution in [0.5, 0.6) is 0 Å². The third kappa shape index (κ3) is 3.60. The standard InChI is InChI=1S/C15H23BrN2S/c16-13-9-14(19-11-13)10-17-6-8-18-7-2-4-12-3-1-5-15(12)18/h9,11-12,15,17H,1-8,10H2. The van der Waals surface area contributed by atoms with Gasteiger partial charge in [0.05, 0.1) is 0 Å². The molecule has 1 saturated carbocycles. The number of nitrogens with zero attached hydrogens (tertiary/aromatic N) is 1. The summed E-state index contributed by atoms with van der Waals surface area (Å²) in [6.45, 7) is 4.69. The van der Waals surface area contributed by atoms with Gasteiger partial charge in [0.15, 0.2) is 0 Å². The van der Waals surface area contributed by atoms with Gasteiger partial charge >= 0.3 is 0 Å². The molecule has 1 aliphatic carbocycles. The summed E-state index contributed by atoms with van der Waals surface area (Å²) in [5.74, 6) is 1.02. The fourth-order valence-electron chi connectivity index (χ4n) is 3.72. The number of rotatable bonds is 5. The van der Waals surface area contributed by atoms with Crippen LogP contribution in [-0.4, -0.2) is 30.6 Å². The molecule has 2 nitrogen and oxygen atoms in total. The summed E-state index contributed by atoms with van der Waals surface area (Å²) in [4.78, 5) is 4.17. The monoisotopic (exact) mass is 342 g/mol. The zero-order valence-corrected chi connectivity index (χ0v) is 13.8. The molecule has 2 aliphatic rings. The molecule has 2 atom stereocenters. The maximum absolute atomic E-state index is 3.59. The highest BCUT2D eigenvalue weighted by atomic mass is 79.9. The van der Waals surface area contributed by atoms with E-state index >= 15 is 0 Å². The highest BCUT2D eigenvalue weighted by molar-refractivity contribution is 9.10. The van der Waals surface area contributed by atoms with Crippen molar-refractivity contribution in [2.75, 3.05) is 19.6 Å². The van der Waals surface area contributed by atoms with Gasteiger partial charge in [0.2, 0.25) is 0 Å². The van der Waals surface area contributed by atoms with Crippen molar-refractivity contribution in [2.24, 2.45) is 5.92 Å². The fourth-order valence-corrected chi connectivity index (χ4v) is 5.14. The van der Waals surface area contributed by atoms with E-state index in [4.69, 9.17) is 0 Å². The Labute approximate surface area is 128 Å². The lowest BCUT2D eigenvalue weighted by Gasteiger charge is -2.37. The van der Waals surface area contributed by atoms with Crippen molar-refractivity contribution in [1.29, 1.82) is 0 Å². The van der Waals surface area contributed by atoms with Gasteiger partial charge in [-0.2, -0.15) is 0 Å². The smallest absolute Gasteiger partial charge is 0.0300 e. The first-order valence-electron chi connectivity index (χ1n) is 7.50. The number of hydrogen-bond acceptors (Lipinski definition) is 3. The number of likely N-dealkylation sites (tertiary alicyclic amines) is 1. The molecule has 0 spiro atoms. The van der Waals surface area contributed by atoms with Crippen LogP contribution in [0.4, 0.5) is 0 Å². The minimum atomic E-state index is 0.909. The topological polar surface area (TPSA) is 15.3 Å². The second-order valence-corrected chi connectivity index (χ2v) is 7.76. The van der Waals surface area contributed by atoms with Gasteiger partial charge in [0.25, 0.3) is 0 Å².